The quantitative estimate of drug-likeness (QED) is 0.693. The van der Waals surface area contributed by atoms with Crippen molar-refractivity contribution >= 4 is 21.7 Å². The van der Waals surface area contributed by atoms with Crippen LogP contribution in [-0.2, 0) is 10.0 Å². The van der Waals surface area contributed by atoms with E-state index in [4.69, 9.17) is 10.8 Å². The Balaban J connectivity index is 2.34. The van der Waals surface area contributed by atoms with Crippen molar-refractivity contribution in [1.82, 2.24) is 4.31 Å². The Morgan fingerprint density at radius 3 is 2.62 bits per heavy atom. The van der Waals surface area contributed by atoms with Crippen molar-refractivity contribution in [1.29, 1.82) is 0 Å². The van der Waals surface area contributed by atoms with Gasteiger partial charge in [0.25, 0.3) is 0 Å². The molecule has 2 rings (SSSR count). The molecule has 0 aliphatic carbocycles. The highest BCUT2D eigenvalue weighted by Crippen LogP contribution is 2.27. The van der Waals surface area contributed by atoms with Crippen molar-refractivity contribution < 1.29 is 23.4 Å². The summed E-state index contributed by atoms with van der Waals surface area (Å²) >= 11 is 0. The van der Waals surface area contributed by atoms with E-state index in [0.717, 1.165) is 6.07 Å². The maximum absolute atomic E-state index is 12.5. The molecule has 116 valence electrons. The fourth-order valence-corrected chi connectivity index (χ4v) is 3.86. The molecule has 0 aromatic heterocycles. The Labute approximate surface area is 123 Å². The lowest BCUT2D eigenvalue weighted by Gasteiger charge is -2.33. The van der Waals surface area contributed by atoms with Crippen LogP contribution < -0.4 is 5.73 Å². The van der Waals surface area contributed by atoms with E-state index >= 15 is 0 Å². The number of carboxylic acids is 1. The summed E-state index contributed by atoms with van der Waals surface area (Å²) in [7, 11) is -3.84. The van der Waals surface area contributed by atoms with E-state index in [1.165, 1.54) is 16.4 Å². The maximum atomic E-state index is 12.5. The molecule has 4 N–H and O–H groups in total. The molecule has 1 aliphatic rings. The van der Waals surface area contributed by atoms with Crippen LogP contribution in [0.15, 0.2) is 23.1 Å². The number of β-amino-alcohol motifs (C(OH)–C–C–N with tert-alkyl or cyclic N) is 1. The highest BCUT2D eigenvalue weighted by molar-refractivity contribution is 7.89. The number of nitrogen functional groups attached to an aromatic ring is 1. The number of carboxylic acid groups (broad SMARTS) is 1. The van der Waals surface area contributed by atoms with Crippen LogP contribution in [0.5, 0.6) is 0 Å². The molecule has 0 saturated carbocycles. The maximum Gasteiger partial charge on any atom is 0.335 e. The van der Waals surface area contributed by atoms with Gasteiger partial charge in [-0.25, -0.2) is 13.2 Å². The molecule has 1 aromatic rings. The van der Waals surface area contributed by atoms with Crippen LogP contribution in [0, 0.1) is 5.92 Å². The number of anilines is 1. The van der Waals surface area contributed by atoms with Crippen molar-refractivity contribution in [2.45, 2.75) is 24.3 Å². The number of aromatic carboxylic acids is 1. The first-order valence-corrected chi connectivity index (χ1v) is 7.98. The van der Waals surface area contributed by atoms with Crippen LogP contribution >= 0.6 is 0 Å². The highest BCUT2D eigenvalue weighted by atomic mass is 32.2. The van der Waals surface area contributed by atoms with Crippen LogP contribution in [0.4, 0.5) is 5.69 Å². The van der Waals surface area contributed by atoms with E-state index in [1.54, 1.807) is 0 Å². The standard InChI is InChI=1S/C13H18N2O5S/c1-8-4-5-15(7-11(8)16)21(19,20)12-3-2-9(13(17)18)6-10(12)14/h2-3,6,8,11,16H,4-5,7,14H2,1H3,(H,17,18). The van der Waals surface area contributed by atoms with Gasteiger partial charge in [-0.3, -0.25) is 0 Å². The van der Waals surface area contributed by atoms with Gasteiger partial charge in [-0.15, -0.1) is 0 Å². The first kappa shape index (κ1) is 15.7. The summed E-state index contributed by atoms with van der Waals surface area (Å²) in [5.74, 6) is -1.13. The minimum atomic E-state index is -3.84. The number of nitrogens with two attached hydrogens (primary N) is 1. The van der Waals surface area contributed by atoms with Crippen molar-refractivity contribution in [2.75, 3.05) is 18.8 Å². The summed E-state index contributed by atoms with van der Waals surface area (Å²) in [4.78, 5) is 10.7. The number of hydrogen-bond donors (Lipinski definition) is 3. The fourth-order valence-electron chi connectivity index (χ4n) is 2.29. The van der Waals surface area contributed by atoms with Gasteiger partial charge in [0.1, 0.15) is 4.90 Å². The first-order chi connectivity index (χ1) is 9.73. The molecule has 0 bridgehead atoms. The predicted octanol–water partition coefficient (Wildman–Crippen LogP) is 0.358. The first-order valence-electron chi connectivity index (χ1n) is 6.54. The Morgan fingerprint density at radius 1 is 1.43 bits per heavy atom. The lowest BCUT2D eigenvalue weighted by Crippen LogP contribution is -2.45. The van der Waals surface area contributed by atoms with Gasteiger partial charge >= 0.3 is 5.97 Å². The van der Waals surface area contributed by atoms with Gasteiger partial charge in [0, 0.05) is 13.1 Å². The van der Waals surface area contributed by atoms with E-state index in [-0.39, 0.29) is 28.6 Å². The molecule has 1 saturated heterocycles. The number of rotatable bonds is 3. The van der Waals surface area contributed by atoms with Gasteiger partial charge in [0.2, 0.25) is 10.0 Å². The average molecular weight is 314 g/mol. The fraction of sp³-hybridized carbons (Fsp3) is 0.462. The van der Waals surface area contributed by atoms with Crippen LogP contribution in [-0.4, -0.2) is 48.1 Å². The zero-order valence-corrected chi connectivity index (χ0v) is 12.4. The van der Waals surface area contributed by atoms with Gasteiger partial charge < -0.3 is 15.9 Å². The smallest absolute Gasteiger partial charge is 0.335 e. The Bertz CT molecular complexity index is 659. The summed E-state index contributed by atoms with van der Waals surface area (Å²) in [5, 5.41) is 18.7. The van der Waals surface area contributed by atoms with Gasteiger partial charge in [0.05, 0.1) is 17.4 Å². The van der Waals surface area contributed by atoms with Crippen molar-refractivity contribution in [2.24, 2.45) is 5.92 Å². The largest absolute Gasteiger partial charge is 0.478 e. The molecule has 7 nitrogen and oxygen atoms in total. The van der Waals surface area contributed by atoms with Gasteiger partial charge in [-0.2, -0.15) is 4.31 Å². The van der Waals surface area contributed by atoms with Crippen LogP contribution in [0.25, 0.3) is 0 Å². The summed E-state index contributed by atoms with van der Waals surface area (Å²) in [6, 6.07) is 3.52. The Hall–Kier alpha value is -1.64. The molecular formula is C13H18N2O5S. The molecule has 1 aromatic carbocycles. The number of hydrogen-bond acceptors (Lipinski definition) is 5. The van der Waals surface area contributed by atoms with Gasteiger partial charge in [-0.05, 0) is 30.5 Å². The second-order valence-electron chi connectivity index (χ2n) is 5.25. The number of sulfonamides is 1. The lowest BCUT2D eigenvalue weighted by molar-refractivity contribution is 0.0605. The molecule has 1 heterocycles. The average Bonchev–Trinajstić information content (AvgIpc) is 2.41. The van der Waals surface area contributed by atoms with Gasteiger partial charge in [0.15, 0.2) is 0 Å². The molecule has 0 radical (unpaired) electrons. The molecule has 2 unspecified atom stereocenters. The van der Waals surface area contributed by atoms with Crippen molar-refractivity contribution in [3.63, 3.8) is 0 Å². The molecule has 21 heavy (non-hydrogen) atoms. The molecule has 0 amide bonds. The zero-order valence-electron chi connectivity index (χ0n) is 11.6. The van der Waals surface area contributed by atoms with Gasteiger partial charge in [-0.1, -0.05) is 6.92 Å². The number of aliphatic hydroxyl groups is 1. The normalized spacial score (nSPS) is 23.9. The van der Waals surface area contributed by atoms with E-state index in [2.05, 4.69) is 0 Å². The van der Waals surface area contributed by atoms with Crippen LogP contribution in [0.1, 0.15) is 23.7 Å². The molecule has 8 heteroatoms. The molecule has 2 atom stereocenters. The van der Waals surface area contributed by atoms with E-state index in [9.17, 15) is 18.3 Å². The third-order valence-electron chi connectivity index (χ3n) is 3.76. The molecular weight excluding hydrogens is 296 g/mol. The minimum Gasteiger partial charge on any atom is -0.478 e. The van der Waals surface area contributed by atoms with Crippen molar-refractivity contribution in [3.8, 4) is 0 Å². The van der Waals surface area contributed by atoms with Crippen LogP contribution in [0.3, 0.4) is 0 Å². The molecule has 0 spiro atoms. The third-order valence-corrected chi connectivity index (χ3v) is 5.70. The monoisotopic (exact) mass is 314 g/mol. The topological polar surface area (TPSA) is 121 Å². The predicted molar refractivity (Wildman–Crippen MR) is 76.4 cm³/mol. The molecule has 1 fully saturated rings. The summed E-state index contributed by atoms with van der Waals surface area (Å²) in [6.45, 7) is 2.19. The Morgan fingerprint density at radius 2 is 2.10 bits per heavy atom. The van der Waals surface area contributed by atoms with Crippen LogP contribution in [0.2, 0.25) is 0 Å². The highest BCUT2D eigenvalue weighted by Gasteiger charge is 2.33. The van der Waals surface area contributed by atoms with E-state index < -0.39 is 22.1 Å². The summed E-state index contributed by atoms with van der Waals surface area (Å²) in [5.41, 5.74) is 5.50. The Kier molecular flexibility index (Phi) is 4.22. The van der Waals surface area contributed by atoms with Crippen molar-refractivity contribution in [3.05, 3.63) is 23.8 Å². The second-order valence-corrected chi connectivity index (χ2v) is 7.16. The summed E-state index contributed by atoms with van der Waals surface area (Å²) < 4.78 is 26.2. The number of aliphatic hydroxyl groups excluding tert-OH is 1. The zero-order chi connectivity index (χ0) is 15.8. The third kappa shape index (κ3) is 3.02. The number of nitrogens with zero attached hydrogens (tertiary/aromatic N) is 1. The molecule has 1 aliphatic heterocycles. The van der Waals surface area contributed by atoms with E-state index in [1.807, 2.05) is 6.92 Å². The van der Waals surface area contributed by atoms with E-state index in [0.29, 0.717) is 13.0 Å². The minimum absolute atomic E-state index is 0.0175. The second kappa shape index (κ2) is 5.63. The number of benzene rings is 1. The lowest BCUT2D eigenvalue weighted by atomic mass is 9.98. The SMILES string of the molecule is CC1CCN(S(=O)(=O)c2ccc(C(=O)O)cc2N)CC1O. The summed E-state index contributed by atoms with van der Waals surface area (Å²) in [6.07, 6.45) is -0.152. The number of piperidine rings is 1. The number of carbonyl (C=O) groups is 1.